The van der Waals surface area contributed by atoms with Crippen LogP contribution in [-0.2, 0) is 0 Å². The third-order valence-corrected chi connectivity index (χ3v) is 3.53. The highest BCUT2D eigenvalue weighted by Gasteiger charge is 2.10. The van der Waals surface area contributed by atoms with Crippen LogP contribution in [0.15, 0.2) is 30.3 Å². The minimum Gasteiger partial charge on any atom is -0.399 e. The number of hydrogen-bond donors (Lipinski definition) is 2. The van der Waals surface area contributed by atoms with E-state index >= 15 is 0 Å². The molecule has 5 heteroatoms. The van der Waals surface area contributed by atoms with Gasteiger partial charge in [0.15, 0.2) is 0 Å². The molecule has 0 aliphatic rings. The monoisotopic (exact) mass is 266 g/mol. The van der Waals surface area contributed by atoms with Crippen molar-refractivity contribution in [2.45, 2.75) is 6.92 Å². The average molecular weight is 267 g/mol. The quantitative estimate of drug-likeness (QED) is 0.817. The van der Waals surface area contributed by atoms with Crippen molar-refractivity contribution in [3.8, 4) is 0 Å². The Bertz CT molecular complexity index is 565. The van der Waals surface area contributed by atoms with Gasteiger partial charge < -0.3 is 11.1 Å². The Labute approximate surface area is 108 Å². The van der Waals surface area contributed by atoms with Crippen molar-refractivity contribution in [2.75, 3.05) is 11.1 Å². The lowest BCUT2D eigenvalue weighted by Crippen LogP contribution is -2.10. The van der Waals surface area contributed by atoms with Gasteiger partial charge in [0.25, 0.3) is 5.91 Å². The fraction of sp³-hybridized carbons (Fsp3) is 0.0833. The number of halogens is 1. The molecule has 0 fully saturated rings. The van der Waals surface area contributed by atoms with Gasteiger partial charge in [0.1, 0.15) is 0 Å². The summed E-state index contributed by atoms with van der Waals surface area (Å²) in [5, 5.41) is 3.21. The van der Waals surface area contributed by atoms with Crippen LogP contribution in [-0.4, -0.2) is 5.91 Å². The van der Waals surface area contributed by atoms with E-state index in [1.165, 1.54) is 11.3 Å². The largest absolute Gasteiger partial charge is 0.399 e. The zero-order valence-electron chi connectivity index (χ0n) is 9.16. The molecule has 1 aromatic heterocycles. The van der Waals surface area contributed by atoms with Gasteiger partial charge >= 0.3 is 0 Å². The fourth-order valence-corrected chi connectivity index (χ4v) is 2.31. The molecular formula is C12H11ClN2OS. The first kappa shape index (κ1) is 12.0. The van der Waals surface area contributed by atoms with Gasteiger partial charge in [-0.05, 0) is 37.3 Å². The molecule has 3 N–H and O–H groups in total. The highest BCUT2D eigenvalue weighted by Crippen LogP contribution is 2.25. The number of nitrogens with one attached hydrogen (secondary N) is 1. The number of hydrogen-bond acceptors (Lipinski definition) is 3. The molecule has 0 spiro atoms. The topological polar surface area (TPSA) is 55.1 Å². The normalized spacial score (nSPS) is 10.2. The molecule has 0 bridgehead atoms. The molecule has 2 rings (SSSR count). The SMILES string of the molecule is Cc1ccc(C(=O)Nc2cc(N)ccc2Cl)s1. The van der Waals surface area contributed by atoms with Crippen molar-refractivity contribution in [2.24, 2.45) is 0 Å². The second kappa shape index (κ2) is 4.77. The molecule has 0 aliphatic carbocycles. The lowest BCUT2D eigenvalue weighted by molar-refractivity contribution is 0.103. The lowest BCUT2D eigenvalue weighted by Gasteiger charge is -2.06. The third-order valence-electron chi connectivity index (χ3n) is 2.20. The molecule has 3 nitrogen and oxygen atoms in total. The van der Waals surface area contributed by atoms with Crippen molar-refractivity contribution >= 4 is 40.2 Å². The number of thiophene rings is 1. The molecule has 17 heavy (non-hydrogen) atoms. The van der Waals surface area contributed by atoms with Crippen LogP contribution in [0, 0.1) is 6.92 Å². The van der Waals surface area contributed by atoms with Gasteiger partial charge in [-0.2, -0.15) is 0 Å². The van der Waals surface area contributed by atoms with Crippen LogP contribution in [0.2, 0.25) is 5.02 Å². The Morgan fingerprint density at radius 2 is 2.12 bits per heavy atom. The lowest BCUT2D eigenvalue weighted by atomic mass is 10.2. The maximum atomic E-state index is 11.9. The molecule has 0 saturated carbocycles. The van der Waals surface area contributed by atoms with Crippen molar-refractivity contribution in [3.63, 3.8) is 0 Å². The predicted octanol–water partition coefficient (Wildman–Crippen LogP) is 3.54. The third kappa shape index (κ3) is 2.78. The highest BCUT2D eigenvalue weighted by molar-refractivity contribution is 7.14. The van der Waals surface area contributed by atoms with E-state index < -0.39 is 0 Å². The van der Waals surface area contributed by atoms with Gasteiger partial charge in [-0.3, -0.25) is 4.79 Å². The zero-order valence-corrected chi connectivity index (χ0v) is 10.7. The molecule has 0 atom stereocenters. The molecule has 0 saturated heterocycles. The van der Waals surface area contributed by atoms with Crippen LogP contribution in [0.1, 0.15) is 14.5 Å². The van der Waals surface area contributed by atoms with Crippen LogP contribution in [0.3, 0.4) is 0 Å². The molecular weight excluding hydrogens is 256 g/mol. The van der Waals surface area contributed by atoms with E-state index in [4.69, 9.17) is 17.3 Å². The number of anilines is 2. The fourth-order valence-electron chi connectivity index (χ4n) is 1.38. The summed E-state index contributed by atoms with van der Waals surface area (Å²) in [6.07, 6.45) is 0. The maximum absolute atomic E-state index is 11.9. The molecule has 0 radical (unpaired) electrons. The Morgan fingerprint density at radius 1 is 1.35 bits per heavy atom. The summed E-state index contributed by atoms with van der Waals surface area (Å²) in [6.45, 7) is 1.95. The first-order chi connectivity index (χ1) is 8.06. The van der Waals surface area contributed by atoms with E-state index in [2.05, 4.69) is 5.32 Å². The summed E-state index contributed by atoms with van der Waals surface area (Å²) in [4.78, 5) is 13.6. The van der Waals surface area contributed by atoms with Crippen LogP contribution in [0.4, 0.5) is 11.4 Å². The number of nitrogens with two attached hydrogens (primary N) is 1. The average Bonchev–Trinajstić information content (AvgIpc) is 2.70. The van der Waals surface area contributed by atoms with E-state index in [0.29, 0.717) is 21.3 Å². The number of aryl methyl sites for hydroxylation is 1. The molecule has 1 heterocycles. The maximum Gasteiger partial charge on any atom is 0.265 e. The number of rotatable bonds is 2. The van der Waals surface area contributed by atoms with Crippen LogP contribution in [0.25, 0.3) is 0 Å². The first-order valence-electron chi connectivity index (χ1n) is 4.99. The van der Waals surface area contributed by atoms with Gasteiger partial charge in [0.2, 0.25) is 0 Å². The van der Waals surface area contributed by atoms with E-state index in [1.54, 1.807) is 24.3 Å². The second-order valence-corrected chi connectivity index (χ2v) is 5.30. The molecule has 0 unspecified atom stereocenters. The van der Waals surface area contributed by atoms with Crippen LogP contribution < -0.4 is 11.1 Å². The molecule has 2 aromatic rings. The number of nitrogen functional groups attached to an aromatic ring is 1. The van der Waals surface area contributed by atoms with Crippen LogP contribution in [0.5, 0.6) is 0 Å². The first-order valence-corrected chi connectivity index (χ1v) is 6.18. The smallest absolute Gasteiger partial charge is 0.265 e. The predicted molar refractivity (Wildman–Crippen MR) is 72.9 cm³/mol. The van der Waals surface area contributed by atoms with Gasteiger partial charge in [0.05, 0.1) is 15.6 Å². The number of carbonyl (C=O) groups excluding carboxylic acids is 1. The minimum atomic E-state index is -0.171. The van der Waals surface area contributed by atoms with Gasteiger partial charge in [-0.15, -0.1) is 11.3 Å². The van der Waals surface area contributed by atoms with Gasteiger partial charge in [-0.1, -0.05) is 11.6 Å². The molecule has 0 aliphatic heterocycles. The Morgan fingerprint density at radius 3 is 2.76 bits per heavy atom. The summed E-state index contributed by atoms with van der Waals surface area (Å²) in [6, 6.07) is 8.68. The van der Waals surface area contributed by atoms with Crippen molar-refractivity contribution in [3.05, 3.63) is 45.1 Å². The Hall–Kier alpha value is -1.52. The molecule has 1 aromatic carbocycles. The summed E-state index contributed by atoms with van der Waals surface area (Å²) in [5.74, 6) is -0.171. The van der Waals surface area contributed by atoms with E-state index in [9.17, 15) is 4.79 Å². The summed E-state index contributed by atoms with van der Waals surface area (Å²) >= 11 is 7.40. The Balaban J connectivity index is 2.21. The second-order valence-electron chi connectivity index (χ2n) is 3.60. The van der Waals surface area contributed by atoms with E-state index in [-0.39, 0.29) is 5.91 Å². The standard InChI is InChI=1S/C12H11ClN2OS/c1-7-2-5-11(17-7)12(16)15-10-6-8(14)3-4-9(10)13/h2-6H,14H2,1H3,(H,15,16). The number of carbonyl (C=O) groups is 1. The number of amides is 1. The molecule has 88 valence electrons. The van der Waals surface area contributed by atoms with Gasteiger partial charge in [0, 0.05) is 10.6 Å². The Kier molecular flexibility index (Phi) is 3.36. The van der Waals surface area contributed by atoms with Crippen molar-refractivity contribution in [1.29, 1.82) is 0 Å². The van der Waals surface area contributed by atoms with E-state index in [1.807, 2.05) is 13.0 Å². The number of benzene rings is 1. The van der Waals surface area contributed by atoms with Gasteiger partial charge in [-0.25, -0.2) is 0 Å². The van der Waals surface area contributed by atoms with E-state index in [0.717, 1.165) is 4.88 Å². The zero-order chi connectivity index (χ0) is 12.4. The van der Waals surface area contributed by atoms with Crippen molar-refractivity contribution < 1.29 is 4.79 Å². The summed E-state index contributed by atoms with van der Waals surface area (Å²) in [5.41, 5.74) is 6.73. The highest BCUT2D eigenvalue weighted by atomic mass is 35.5. The molecule has 1 amide bonds. The van der Waals surface area contributed by atoms with Crippen molar-refractivity contribution in [1.82, 2.24) is 0 Å². The summed E-state index contributed by atoms with van der Waals surface area (Å²) < 4.78 is 0. The summed E-state index contributed by atoms with van der Waals surface area (Å²) in [7, 11) is 0. The minimum absolute atomic E-state index is 0.171. The van der Waals surface area contributed by atoms with Crippen LogP contribution >= 0.6 is 22.9 Å².